The number of aliphatic hydroxyl groups excluding tert-OH is 2. The van der Waals surface area contributed by atoms with Gasteiger partial charge in [-0.3, -0.25) is 4.57 Å². The molecule has 3 aromatic rings. The van der Waals surface area contributed by atoms with Gasteiger partial charge in [0, 0.05) is 17.6 Å². The van der Waals surface area contributed by atoms with Crippen LogP contribution in [0.25, 0.3) is 11.2 Å². The molecule has 2 fully saturated rings. The molecule has 12 nitrogen and oxygen atoms in total. The van der Waals surface area contributed by atoms with E-state index in [0.29, 0.717) is 17.0 Å². The maximum absolute atomic E-state index is 10.8. The summed E-state index contributed by atoms with van der Waals surface area (Å²) in [4.78, 5) is 43.5. The molecule has 2 aromatic heterocycles. The van der Waals surface area contributed by atoms with E-state index >= 15 is 0 Å². The average Bonchev–Trinajstić information content (AvgIpc) is 3.49. The molecule has 1 saturated heterocycles. The van der Waals surface area contributed by atoms with E-state index in [1.165, 1.54) is 22.9 Å². The summed E-state index contributed by atoms with van der Waals surface area (Å²) >= 11 is 6.38. The second kappa shape index (κ2) is 9.88. The number of nitrogens with zero attached hydrogens (tertiary/aromatic N) is 5. The normalized spacial score (nSPS) is 27.3. The van der Waals surface area contributed by atoms with Crippen LogP contribution < -0.4 is 4.90 Å². The highest BCUT2D eigenvalue weighted by molar-refractivity contribution is 7.63. The molecule has 3 aliphatic rings. The summed E-state index contributed by atoms with van der Waals surface area (Å²) in [6.07, 6.45) is 0.174. The van der Waals surface area contributed by atoms with Crippen LogP contribution in [0.1, 0.15) is 31.1 Å². The third-order valence-electron chi connectivity index (χ3n) is 7.42. The Morgan fingerprint density at radius 1 is 1.14 bits per heavy atom. The van der Waals surface area contributed by atoms with Crippen LogP contribution in [0.3, 0.4) is 0 Å². The quantitative estimate of drug-likeness (QED) is 0.209. The van der Waals surface area contributed by atoms with Gasteiger partial charge in [-0.1, -0.05) is 24.6 Å². The molecule has 5 atom stereocenters. The molecule has 5 N–H and O–H groups in total. The highest BCUT2D eigenvalue weighted by Gasteiger charge is 2.48. The van der Waals surface area contributed by atoms with Crippen molar-refractivity contribution < 1.29 is 34.2 Å². The molecule has 1 aromatic carbocycles. The van der Waals surface area contributed by atoms with Crippen molar-refractivity contribution in [3.8, 4) is 0 Å². The molecular weight excluding hydrogens is 544 g/mol. The second-order valence-electron chi connectivity index (χ2n) is 9.59. The van der Waals surface area contributed by atoms with Gasteiger partial charge < -0.3 is 39.1 Å². The number of imidazole rings is 1. The molecule has 15 heteroatoms. The van der Waals surface area contributed by atoms with Crippen molar-refractivity contribution in [2.24, 2.45) is 0 Å². The molecule has 0 amide bonds. The Hall–Kier alpha value is -1.56. The number of benzene rings is 1. The molecule has 37 heavy (non-hydrogen) atoms. The third kappa shape index (κ3) is 4.43. The molecule has 4 heterocycles. The number of rotatable bonds is 7. The third-order valence-corrected chi connectivity index (χ3v) is 10.0. The summed E-state index contributed by atoms with van der Waals surface area (Å²) in [5, 5.41) is 21.3. The lowest BCUT2D eigenvalue weighted by Gasteiger charge is -2.39. The van der Waals surface area contributed by atoms with Gasteiger partial charge in [0.25, 0.3) is 0 Å². The van der Waals surface area contributed by atoms with Gasteiger partial charge >= 0.3 is 0 Å². The van der Waals surface area contributed by atoms with Crippen LogP contribution in [0.2, 0.25) is 5.28 Å². The fraction of sp³-hybridized carbons (Fsp3) is 0.500. The number of halogens is 1. The first kappa shape index (κ1) is 25.7. The summed E-state index contributed by atoms with van der Waals surface area (Å²) in [7, 11) is -4.42. The Kier molecular flexibility index (Phi) is 6.86. The monoisotopic (exact) mass is 569 g/mol. The second-order valence-corrected chi connectivity index (χ2v) is 12.8. The smallest absolute Gasteiger partial charge is 0.226 e. The zero-order valence-corrected chi connectivity index (χ0v) is 22.0. The van der Waals surface area contributed by atoms with Crippen molar-refractivity contribution >= 4 is 51.0 Å². The van der Waals surface area contributed by atoms with Gasteiger partial charge in [0.2, 0.25) is 5.28 Å². The predicted octanol–water partition coefficient (Wildman–Crippen LogP) is 2.25. The fourth-order valence-electron chi connectivity index (χ4n) is 5.51. The first-order chi connectivity index (χ1) is 17.8. The molecule has 6 rings (SSSR count). The van der Waals surface area contributed by atoms with Crippen LogP contribution in [0.5, 0.6) is 0 Å². The molecule has 0 radical (unpaired) electrons. The maximum Gasteiger partial charge on any atom is 0.226 e. The Labute approximate surface area is 219 Å². The number of para-hydroxylation sites is 1. The van der Waals surface area contributed by atoms with E-state index in [2.05, 4.69) is 38.1 Å². The van der Waals surface area contributed by atoms with Gasteiger partial charge in [-0.2, -0.15) is 9.97 Å². The topological polar surface area (TPSA) is 166 Å². The van der Waals surface area contributed by atoms with Gasteiger partial charge in [-0.15, -0.1) is 0 Å². The number of hydrogen-bond donors (Lipinski definition) is 5. The Bertz CT molecular complexity index is 1310. The summed E-state index contributed by atoms with van der Waals surface area (Å²) in [6.45, 7) is 0.511. The Balaban J connectivity index is 1.30. The molecule has 198 valence electrons. The van der Waals surface area contributed by atoms with E-state index in [-0.39, 0.29) is 23.2 Å². The van der Waals surface area contributed by atoms with Crippen molar-refractivity contribution in [2.75, 3.05) is 24.0 Å². The van der Waals surface area contributed by atoms with E-state index in [1.54, 1.807) is 0 Å². The first-order valence-electron chi connectivity index (χ1n) is 11.8. The number of fused-ring (bicyclic) bond motifs is 3. The van der Waals surface area contributed by atoms with Crippen molar-refractivity contribution in [1.29, 1.82) is 0 Å². The van der Waals surface area contributed by atoms with E-state index in [0.717, 1.165) is 25.1 Å². The SMILES string of the molecule is OC1C(COP(O)CP(O)O)OC(n2cnc3c(N4CC5(CCC5)c5ccccc54)nc(Cl)nc32)C1O. The van der Waals surface area contributed by atoms with Crippen LogP contribution in [-0.2, 0) is 14.7 Å². The van der Waals surface area contributed by atoms with Gasteiger partial charge in [0.05, 0.1) is 18.8 Å². The molecule has 0 bridgehead atoms. The minimum Gasteiger partial charge on any atom is -0.387 e. The minimum atomic E-state index is -2.31. The van der Waals surface area contributed by atoms with E-state index in [4.69, 9.17) is 30.6 Å². The number of anilines is 2. The van der Waals surface area contributed by atoms with E-state index < -0.39 is 41.3 Å². The standard InChI is InChI=1S/C22H26ClN5O7P2/c23-21-25-18(27-9-22(6-3-7-22)12-4-1-2-5-13(12)27)15-19(26-21)28(10-24-15)20-17(30)16(29)14(35-20)8-34-37(33)11-36(31)32/h1-2,4-5,10,14,16-17,20,29-33H,3,6-9,11H2. The molecular formula is C22H26ClN5O7P2. The predicted molar refractivity (Wildman–Crippen MR) is 137 cm³/mol. The summed E-state index contributed by atoms with van der Waals surface area (Å²) in [6, 6.07) is 8.28. The van der Waals surface area contributed by atoms with E-state index in [9.17, 15) is 15.1 Å². The molecule has 1 spiro atoms. The fourth-order valence-corrected chi connectivity index (χ4v) is 7.18. The van der Waals surface area contributed by atoms with Crippen LogP contribution >= 0.6 is 28.4 Å². The van der Waals surface area contributed by atoms with Crippen molar-refractivity contribution in [2.45, 2.75) is 49.2 Å². The molecule has 1 aliphatic carbocycles. The zero-order chi connectivity index (χ0) is 25.9. The lowest BCUT2D eigenvalue weighted by atomic mass is 9.66. The van der Waals surface area contributed by atoms with Crippen LogP contribution in [0.15, 0.2) is 30.6 Å². The Morgan fingerprint density at radius 3 is 2.65 bits per heavy atom. The average molecular weight is 570 g/mol. The van der Waals surface area contributed by atoms with Gasteiger partial charge in [-0.25, -0.2) is 4.98 Å². The lowest BCUT2D eigenvalue weighted by Crippen LogP contribution is -2.38. The van der Waals surface area contributed by atoms with Gasteiger partial charge in [0.1, 0.15) is 18.3 Å². The number of aromatic nitrogens is 4. The minimum absolute atomic E-state index is 0.0136. The number of ether oxygens (including phenoxy) is 1. The molecule has 5 unspecified atom stereocenters. The van der Waals surface area contributed by atoms with Crippen molar-refractivity contribution in [1.82, 2.24) is 19.5 Å². The molecule has 1 saturated carbocycles. The van der Waals surface area contributed by atoms with Gasteiger partial charge in [0.15, 0.2) is 40.0 Å². The summed E-state index contributed by atoms with van der Waals surface area (Å²) in [5.41, 5.74) is 3.27. The maximum atomic E-state index is 10.8. The largest absolute Gasteiger partial charge is 0.387 e. The highest BCUT2D eigenvalue weighted by atomic mass is 35.5. The van der Waals surface area contributed by atoms with Gasteiger partial charge in [-0.05, 0) is 36.1 Å². The lowest BCUT2D eigenvalue weighted by molar-refractivity contribution is -0.0471. The number of aliphatic hydroxyl groups is 2. The van der Waals surface area contributed by atoms with Crippen LogP contribution in [0.4, 0.5) is 11.5 Å². The highest BCUT2D eigenvalue weighted by Crippen LogP contribution is 2.54. The summed E-state index contributed by atoms with van der Waals surface area (Å²) < 4.78 is 12.6. The first-order valence-corrected chi connectivity index (χ1v) is 15.0. The summed E-state index contributed by atoms with van der Waals surface area (Å²) in [5.74, 6) is 0.262. The van der Waals surface area contributed by atoms with Crippen LogP contribution in [0, 0.1) is 0 Å². The Morgan fingerprint density at radius 2 is 1.92 bits per heavy atom. The van der Waals surface area contributed by atoms with Crippen molar-refractivity contribution in [3.05, 3.63) is 41.4 Å². The van der Waals surface area contributed by atoms with E-state index in [1.807, 2.05) is 6.07 Å². The zero-order valence-electron chi connectivity index (χ0n) is 19.5. The molecule has 2 aliphatic heterocycles. The number of hydrogen-bond acceptors (Lipinski definition) is 11. The van der Waals surface area contributed by atoms with Crippen molar-refractivity contribution in [3.63, 3.8) is 0 Å². The van der Waals surface area contributed by atoms with Crippen LogP contribution in [-0.4, -0.2) is 81.8 Å².